The van der Waals surface area contributed by atoms with Crippen LogP contribution in [0.5, 0.6) is 0 Å². The van der Waals surface area contributed by atoms with E-state index in [0.29, 0.717) is 12.0 Å². The molecule has 1 saturated heterocycles. The second kappa shape index (κ2) is 6.72. The second-order valence-electron chi connectivity index (χ2n) is 7.43. The molecule has 1 heterocycles. The summed E-state index contributed by atoms with van der Waals surface area (Å²) >= 11 is 0. The molecule has 0 aromatic rings. The molecule has 1 fully saturated rings. The molecule has 3 atom stereocenters. The van der Waals surface area contributed by atoms with Crippen molar-refractivity contribution < 1.29 is 28.5 Å². The van der Waals surface area contributed by atoms with Crippen molar-refractivity contribution in [1.29, 1.82) is 0 Å². The van der Waals surface area contributed by atoms with Gasteiger partial charge in [0, 0.05) is 6.42 Å². The van der Waals surface area contributed by atoms with Gasteiger partial charge >= 0.3 is 12.1 Å². The molecule has 24 heavy (non-hydrogen) atoms. The summed E-state index contributed by atoms with van der Waals surface area (Å²) in [5.41, 5.74) is -0.219. The van der Waals surface area contributed by atoms with Crippen LogP contribution < -0.4 is 5.32 Å². The van der Waals surface area contributed by atoms with Gasteiger partial charge in [-0.1, -0.05) is 0 Å². The number of amides is 1. The van der Waals surface area contributed by atoms with Crippen LogP contribution in [0.25, 0.3) is 0 Å². The Labute approximate surface area is 142 Å². The molecule has 7 heteroatoms. The lowest BCUT2D eigenvalue weighted by Crippen LogP contribution is -2.45. The molecule has 2 aliphatic rings. The molecule has 136 valence electrons. The van der Waals surface area contributed by atoms with Gasteiger partial charge in [-0.3, -0.25) is 0 Å². The Kier molecular flexibility index (Phi) is 5.25. The van der Waals surface area contributed by atoms with E-state index in [2.05, 4.69) is 5.32 Å². The first-order chi connectivity index (χ1) is 11.0. The van der Waals surface area contributed by atoms with Crippen LogP contribution in [-0.4, -0.2) is 48.3 Å². The van der Waals surface area contributed by atoms with E-state index < -0.39 is 35.6 Å². The van der Waals surface area contributed by atoms with E-state index in [4.69, 9.17) is 18.9 Å². The zero-order valence-electron chi connectivity index (χ0n) is 15.2. The van der Waals surface area contributed by atoms with E-state index in [-0.39, 0.29) is 12.7 Å². The second-order valence-corrected chi connectivity index (χ2v) is 7.43. The van der Waals surface area contributed by atoms with Crippen molar-refractivity contribution in [2.75, 3.05) is 6.61 Å². The number of fused-ring (bicyclic) bond motifs is 1. The highest BCUT2D eigenvalue weighted by atomic mass is 16.8. The topological polar surface area (TPSA) is 83.1 Å². The van der Waals surface area contributed by atoms with Crippen LogP contribution in [0.3, 0.4) is 0 Å². The van der Waals surface area contributed by atoms with Gasteiger partial charge in [0.05, 0.1) is 24.3 Å². The summed E-state index contributed by atoms with van der Waals surface area (Å²) in [6, 6.07) is -0.391. The minimum atomic E-state index is -0.790. The fourth-order valence-corrected chi connectivity index (χ4v) is 2.86. The molecule has 7 nitrogen and oxygen atoms in total. The first-order valence-corrected chi connectivity index (χ1v) is 8.25. The Hall–Kier alpha value is -1.60. The summed E-state index contributed by atoms with van der Waals surface area (Å²) in [6.45, 7) is 11.0. The zero-order valence-corrected chi connectivity index (χ0v) is 15.2. The van der Waals surface area contributed by atoms with Crippen LogP contribution in [0.4, 0.5) is 4.79 Å². The molecule has 0 aromatic carbocycles. The number of hydrogen-bond acceptors (Lipinski definition) is 6. The highest BCUT2D eigenvalue weighted by molar-refractivity contribution is 5.90. The maximum Gasteiger partial charge on any atom is 0.408 e. The number of hydrogen-bond donors (Lipinski definition) is 1. The minimum Gasteiger partial charge on any atom is -0.463 e. The van der Waals surface area contributed by atoms with Crippen molar-refractivity contribution in [2.24, 2.45) is 0 Å². The summed E-state index contributed by atoms with van der Waals surface area (Å²) in [6.07, 6.45) is 0.813. The number of alkyl carbamates (subject to hydrolysis) is 1. The standard InChI is InChI=1S/C17H27NO6/c1-7-21-14(19)11-8-10(18-15(20)24-16(2,3)4)9-12-13(11)23-17(5,6)22-12/h8,10,12-13H,7,9H2,1-6H3,(H,18,20)/t10-,12-,13+/m0/s1. The first-order valence-electron chi connectivity index (χ1n) is 8.25. The average molecular weight is 341 g/mol. The Morgan fingerprint density at radius 2 is 2.00 bits per heavy atom. The molecule has 0 aromatic heterocycles. The summed E-state index contributed by atoms with van der Waals surface area (Å²) < 4.78 is 22.1. The monoisotopic (exact) mass is 341 g/mol. The molecule has 1 aliphatic heterocycles. The molecular formula is C17H27NO6. The zero-order chi connectivity index (χ0) is 18.1. The largest absolute Gasteiger partial charge is 0.463 e. The molecule has 0 saturated carbocycles. The van der Waals surface area contributed by atoms with E-state index in [1.807, 2.05) is 0 Å². The van der Waals surface area contributed by atoms with Crippen LogP contribution in [-0.2, 0) is 23.7 Å². The minimum absolute atomic E-state index is 0.266. The van der Waals surface area contributed by atoms with E-state index in [9.17, 15) is 9.59 Å². The van der Waals surface area contributed by atoms with Crippen molar-refractivity contribution >= 4 is 12.1 Å². The Morgan fingerprint density at radius 1 is 1.33 bits per heavy atom. The lowest BCUT2D eigenvalue weighted by molar-refractivity contribution is -0.148. The highest BCUT2D eigenvalue weighted by Crippen LogP contribution is 2.37. The van der Waals surface area contributed by atoms with E-state index in [1.165, 1.54) is 0 Å². The molecule has 1 aliphatic carbocycles. The number of esters is 1. The number of carbonyl (C=O) groups excluding carboxylic acids is 2. The molecule has 2 rings (SSSR count). The number of nitrogens with one attached hydrogen (secondary N) is 1. The predicted molar refractivity (Wildman–Crippen MR) is 86.3 cm³/mol. The third-order valence-electron chi connectivity index (χ3n) is 3.57. The maximum atomic E-state index is 12.2. The van der Waals surface area contributed by atoms with Crippen molar-refractivity contribution in [3.63, 3.8) is 0 Å². The number of rotatable bonds is 3. The molecule has 1 N–H and O–H groups in total. The van der Waals surface area contributed by atoms with Crippen molar-refractivity contribution in [3.05, 3.63) is 11.6 Å². The van der Waals surface area contributed by atoms with Gasteiger partial charge in [0.25, 0.3) is 0 Å². The normalized spacial score (nSPS) is 28.6. The van der Waals surface area contributed by atoms with Crippen molar-refractivity contribution in [1.82, 2.24) is 5.32 Å². The molecule has 0 bridgehead atoms. The summed E-state index contributed by atoms with van der Waals surface area (Å²) in [7, 11) is 0. The highest BCUT2D eigenvalue weighted by Gasteiger charge is 2.48. The van der Waals surface area contributed by atoms with Gasteiger partial charge in [-0.15, -0.1) is 0 Å². The predicted octanol–water partition coefficient (Wildman–Crippen LogP) is 2.29. The lowest BCUT2D eigenvalue weighted by Gasteiger charge is -2.29. The fourth-order valence-electron chi connectivity index (χ4n) is 2.86. The van der Waals surface area contributed by atoms with Gasteiger partial charge in [0.15, 0.2) is 5.79 Å². The Balaban J connectivity index is 2.16. The van der Waals surface area contributed by atoms with Crippen molar-refractivity contribution in [2.45, 2.75) is 77.6 Å². The Morgan fingerprint density at radius 3 is 2.58 bits per heavy atom. The molecular weight excluding hydrogens is 314 g/mol. The molecule has 0 spiro atoms. The summed E-state index contributed by atoms with van der Waals surface area (Å²) in [5, 5.41) is 2.76. The first kappa shape index (κ1) is 18.7. The third-order valence-corrected chi connectivity index (χ3v) is 3.57. The van der Waals surface area contributed by atoms with E-state index in [0.717, 1.165) is 0 Å². The number of ether oxygens (including phenoxy) is 4. The summed E-state index contributed by atoms with van der Waals surface area (Å²) in [5.74, 6) is -1.24. The van der Waals surface area contributed by atoms with Crippen LogP contribution in [0.1, 0.15) is 48.0 Å². The molecule has 1 amide bonds. The summed E-state index contributed by atoms with van der Waals surface area (Å²) in [4.78, 5) is 24.2. The van der Waals surface area contributed by atoms with Crippen LogP contribution in [0.15, 0.2) is 11.6 Å². The van der Waals surface area contributed by atoms with E-state index in [1.54, 1.807) is 47.6 Å². The fraction of sp³-hybridized carbons (Fsp3) is 0.765. The number of carbonyl (C=O) groups is 2. The Bertz CT molecular complexity index is 534. The SMILES string of the molecule is CCOC(=O)C1=C[C@H](NC(=O)OC(C)(C)C)C[C@@H]2OC(C)(C)O[C@H]12. The average Bonchev–Trinajstić information content (AvgIpc) is 2.69. The van der Waals surface area contributed by atoms with Crippen LogP contribution >= 0.6 is 0 Å². The van der Waals surface area contributed by atoms with Gasteiger partial charge in [-0.2, -0.15) is 0 Å². The van der Waals surface area contributed by atoms with Gasteiger partial charge < -0.3 is 24.3 Å². The van der Waals surface area contributed by atoms with Gasteiger partial charge in [0.2, 0.25) is 0 Å². The smallest absolute Gasteiger partial charge is 0.408 e. The molecule has 0 radical (unpaired) electrons. The van der Waals surface area contributed by atoms with Gasteiger partial charge in [-0.25, -0.2) is 9.59 Å². The maximum absolute atomic E-state index is 12.2. The lowest BCUT2D eigenvalue weighted by atomic mass is 9.90. The third kappa shape index (κ3) is 4.70. The van der Waals surface area contributed by atoms with Gasteiger partial charge in [-0.05, 0) is 47.6 Å². The quantitative estimate of drug-likeness (QED) is 0.793. The van der Waals surface area contributed by atoms with Gasteiger partial charge in [0.1, 0.15) is 11.7 Å². The van der Waals surface area contributed by atoms with Crippen molar-refractivity contribution in [3.8, 4) is 0 Å². The molecule has 0 unspecified atom stereocenters. The van der Waals surface area contributed by atoms with Crippen LogP contribution in [0, 0.1) is 0 Å². The van der Waals surface area contributed by atoms with Crippen LogP contribution in [0.2, 0.25) is 0 Å². The van der Waals surface area contributed by atoms with E-state index >= 15 is 0 Å².